The molecule has 0 saturated heterocycles. The van der Waals surface area contributed by atoms with Gasteiger partial charge in [0.2, 0.25) is 0 Å². The van der Waals surface area contributed by atoms with E-state index in [2.05, 4.69) is 242 Å². The third-order valence-electron chi connectivity index (χ3n) is 13.4. The molecule has 1 heterocycles. The average molecular weight is 767 g/mol. The highest BCUT2D eigenvalue weighted by Gasteiger charge is 2.47. The predicted molar refractivity (Wildman–Crippen MR) is 251 cm³/mol. The Kier molecular flexibility index (Phi) is 7.52. The molecule has 10 aromatic rings. The van der Waals surface area contributed by atoms with Crippen LogP contribution in [0.25, 0.3) is 55.2 Å². The first-order valence-corrected chi connectivity index (χ1v) is 21.0. The van der Waals surface area contributed by atoms with Crippen molar-refractivity contribution in [2.75, 3.05) is 4.90 Å². The highest BCUT2D eigenvalue weighted by atomic mass is 15.2. The van der Waals surface area contributed by atoms with Crippen molar-refractivity contribution in [2.45, 2.75) is 24.8 Å². The van der Waals surface area contributed by atoms with Gasteiger partial charge in [-0.2, -0.15) is 0 Å². The van der Waals surface area contributed by atoms with Crippen LogP contribution in [0.5, 0.6) is 0 Å². The molecule has 2 nitrogen and oxygen atoms in total. The van der Waals surface area contributed by atoms with Crippen LogP contribution in [0.15, 0.2) is 218 Å². The standard InChI is InChI=1S/C58H42N2/c1-57(2)48-29-14-11-28-47(48)56-51(57)32-19-35-54(56)59(52-33-17-12-24-42(52)39-20-5-3-6-21-39)41-36-37-46-45-27-13-18-34-53(45)60(55(46)38-41)58(40-22-7-4-8-23-40)49-30-15-9-25-43(49)44-26-10-16-31-50(44)58/h3-38H,1-2H3. The first-order valence-electron chi connectivity index (χ1n) is 21.0. The van der Waals surface area contributed by atoms with Crippen molar-refractivity contribution in [1.29, 1.82) is 0 Å². The van der Waals surface area contributed by atoms with E-state index in [9.17, 15) is 0 Å². The monoisotopic (exact) mass is 766 g/mol. The summed E-state index contributed by atoms with van der Waals surface area (Å²) in [5, 5.41) is 2.47. The molecular formula is C58H42N2. The van der Waals surface area contributed by atoms with Gasteiger partial charge in [-0.3, -0.25) is 0 Å². The minimum atomic E-state index is -0.641. The summed E-state index contributed by atoms with van der Waals surface area (Å²) in [6, 6.07) is 81.1. The van der Waals surface area contributed by atoms with Gasteiger partial charge in [0.25, 0.3) is 0 Å². The smallest absolute Gasteiger partial charge is 0.122 e. The molecule has 12 rings (SSSR count). The van der Waals surface area contributed by atoms with Gasteiger partial charge >= 0.3 is 0 Å². The summed E-state index contributed by atoms with van der Waals surface area (Å²) in [6.45, 7) is 4.74. The quantitative estimate of drug-likeness (QED) is 0.164. The zero-order valence-corrected chi connectivity index (χ0v) is 33.7. The number of fused-ring (bicyclic) bond motifs is 9. The fourth-order valence-corrected chi connectivity index (χ4v) is 10.9. The second-order valence-electron chi connectivity index (χ2n) is 16.8. The molecule has 284 valence electrons. The van der Waals surface area contributed by atoms with Crippen LogP contribution in [0.2, 0.25) is 0 Å². The largest absolute Gasteiger partial charge is 0.322 e. The van der Waals surface area contributed by atoms with Crippen LogP contribution < -0.4 is 4.90 Å². The van der Waals surface area contributed by atoms with Crippen LogP contribution >= 0.6 is 0 Å². The van der Waals surface area contributed by atoms with Crippen molar-refractivity contribution in [2.24, 2.45) is 0 Å². The predicted octanol–water partition coefficient (Wildman–Crippen LogP) is 15.1. The Labute approximate surface area is 351 Å². The SMILES string of the molecule is CC1(C)c2ccccc2-c2c(N(c3ccc4c5ccccc5n(C5(c6ccccc6)c6ccccc6-c6ccccc65)c4c3)c3ccccc3-c3ccccc3)cccc21. The van der Waals surface area contributed by atoms with Crippen molar-refractivity contribution in [3.63, 3.8) is 0 Å². The van der Waals surface area contributed by atoms with Crippen LogP contribution in [0.4, 0.5) is 17.1 Å². The molecule has 0 aliphatic heterocycles. The second kappa shape index (κ2) is 13.0. The molecule has 2 heteroatoms. The Morgan fingerprint density at radius 3 is 1.65 bits per heavy atom. The van der Waals surface area contributed by atoms with Gasteiger partial charge in [-0.1, -0.05) is 202 Å². The van der Waals surface area contributed by atoms with Gasteiger partial charge in [0.15, 0.2) is 0 Å². The third kappa shape index (κ3) is 4.70. The Morgan fingerprint density at radius 2 is 0.917 bits per heavy atom. The fourth-order valence-electron chi connectivity index (χ4n) is 10.9. The highest BCUT2D eigenvalue weighted by molar-refractivity contribution is 6.11. The van der Waals surface area contributed by atoms with Crippen LogP contribution in [-0.2, 0) is 11.0 Å². The van der Waals surface area contributed by atoms with Crippen LogP contribution in [0.3, 0.4) is 0 Å². The lowest BCUT2D eigenvalue weighted by atomic mass is 9.80. The maximum atomic E-state index is 2.66. The van der Waals surface area contributed by atoms with E-state index in [1.54, 1.807) is 0 Å². The molecule has 0 saturated carbocycles. The van der Waals surface area contributed by atoms with Crippen LogP contribution in [0.1, 0.15) is 41.7 Å². The summed E-state index contributed by atoms with van der Waals surface area (Å²) in [7, 11) is 0. The summed E-state index contributed by atoms with van der Waals surface area (Å²) in [6.07, 6.45) is 0. The van der Waals surface area contributed by atoms with E-state index in [0.29, 0.717) is 0 Å². The minimum absolute atomic E-state index is 0.145. The van der Waals surface area contributed by atoms with E-state index in [0.717, 1.165) is 11.4 Å². The lowest BCUT2D eigenvalue weighted by Gasteiger charge is -2.37. The van der Waals surface area contributed by atoms with Crippen molar-refractivity contribution in [1.82, 2.24) is 4.57 Å². The molecule has 0 fully saturated rings. The topological polar surface area (TPSA) is 8.17 Å². The van der Waals surface area contributed by atoms with Gasteiger partial charge in [0.05, 0.1) is 22.4 Å². The molecule has 0 radical (unpaired) electrons. The number of rotatable bonds is 6. The average Bonchev–Trinajstić information content (AvgIpc) is 3.88. The van der Waals surface area contributed by atoms with Crippen molar-refractivity contribution < 1.29 is 0 Å². The molecule has 60 heavy (non-hydrogen) atoms. The Morgan fingerprint density at radius 1 is 0.383 bits per heavy atom. The number of nitrogens with zero attached hydrogens (tertiary/aromatic N) is 2. The number of hydrogen-bond donors (Lipinski definition) is 0. The molecule has 0 spiro atoms. The van der Waals surface area contributed by atoms with Crippen LogP contribution in [-0.4, -0.2) is 4.57 Å². The Bertz CT molecular complexity index is 3250. The van der Waals surface area contributed by atoms with Crippen molar-refractivity contribution in [3.05, 3.63) is 246 Å². The number of hydrogen-bond acceptors (Lipinski definition) is 1. The van der Waals surface area contributed by atoms with Crippen molar-refractivity contribution in [3.8, 4) is 33.4 Å². The van der Waals surface area contributed by atoms with E-state index >= 15 is 0 Å². The Hall–Kier alpha value is -7.42. The van der Waals surface area contributed by atoms with E-state index in [-0.39, 0.29) is 5.41 Å². The normalized spacial score (nSPS) is 14.1. The van der Waals surface area contributed by atoms with E-state index in [4.69, 9.17) is 0 Å². The fraction of sp³-hybridized carbons (Fsp3) is 0.0690. The maximum Gasteiger partial charge on any atom is 0.122 e. The number of para-hydroxylation sites is 2. The summed E-state index contributed by atoms with van der Waals surface area (Å²) in [5.74, 6) is 0. The van der Waals surface area contributed by atoms with E-state index in [1.807, 2.05) is 0 Å². The van der Waals surface area contributed by atoms with E-state index < -0.39 is 5.54 Å². The third-order valence-corrected chi connectivity index (χ3v) is 13.4. The summed E-state index contributed by atoms with van der Waals surface area (Å²) in [5.41, 5.74) is 19.0. The van der Waals surface area contributed by atoms with Gasteiger partial charge < -0.3 is 9.47 Å². The maximum absolute atomic E-state index is 2.66. The summed E-state index contributed by atoms with van der Waals surface area (Å²) < 4.78 is 2.66. The van der Waals surface area contributed by atoms with Gasteiger partial charge in [-0.05, 0) is 80.4 Å². The molecule has 0 bridgehead atoms. The number of aromatic nitrogens is 1. The second-order valence-corrected chi connectivity index (χ2v) is 16.8. The molecule has 2 aliphatic carbocycles. The van der Waals surface area contributed by atoms with Crippen LogP contribution in [0, 0.1) is 0 Å². The molecule has 1 aromatic heterocycles. The minimum Gasteiger partial charge on any atom is -0.322 e. The summed E-state index contributed by atoms with van der Waals surface area (Å²) >= 11 is 0. The number of benzene rings is 9. The first kappa shape index (κ1) is 34.6. The molecule has 0 amide bonds. The number of anilines is 3. The first-order chi connectivity index (χ1) is 29.6. The van der Waals surface area contributed by atoms with Gasteiger partial charge in [0, 0.05) is 33.0 Å². The van der Waals surface area contributed by atoms with Gasteiger partial charge in [-0.15, -0.1) is 0 Å². The molecular weight excluding hydrogens is 725 g/mol. The zero-order chi connectivity index (χ0) is 40.0. The van der Waals surface area contributed by atoms with E-state index in [1.165, 1.54) is 88.7 Å². The lowest BCUT2D eigenvalue weighted by Crippen LogP contribution is -2.35. The van der Waals surface area contributed by atoms with Gasteiger partial charge in [0.1, 0.15) is 5.54 Å². The molecule has 2 aliphatic rings. The molecule has 0 unspecified atom stereocenters. The lowest BCUT2D eigenvalue weighted by molar-refractivity contribution is 0.564. The van der Waals surface area contributed by atoms with Gasteiger partial charge in [-0.25, -0.2) is 0 Å². The molecule has 9 aromatic carbocycles. The van der Waals surface area contributed by atoms with Crippen molar-refractivity contribution >= 4 is 38.9 Å². The highest BCUT2D eigenvalue weighted by Crippen LogP contribution is 2.58. The molecule has 0 atom stereocenters. The summed E-state index contributed by atoms with van der Waals surface area (Å²) in [4.78, 5) is 2.53. The molecule has 0 N–H and O–H groups in total. The Balaban J connectivity index is 1.22. The zero-order valence-electron chi connectivity index (χ0n) is 33.7.